The van der Waals surface area contributed by atoms with Crippen molar-refractivity contribution < 1.29 is 14.7 Å². The summed E-state index contributed by atoms with van der Waals surface area (Å²) in [4.78, 5) is 25.1. The highest BCUT2D eigenvalue weighted by atomic mass is 79.9. The number of rotatable bonds is 2. The SMILES string of the molecule is CC1CCN(C(=O)c2ccc(Br)cc2Cl)C1C(=O)O. The number of amides is 1. The first-order chi connectivity index (χ1) is 8.91. The zero-order valence-corrected chi connectivity index (χ0v) is 12.6. The van der Waals surface area contributed by atoms with Crippen LogP contribution in [-0.4, -0.2) is 34.5 Å². The largest absolute Gasteiger partial charge is 0.480 e. The lowest BCUT2D eigenvalue weighted by Gasteiger charge is -2.23. The predicted octanol–water partition coefficient (Wildman–Crippen LogP) is 3.04. The quantitative estimate of drug-likeness (QED) is 0.895. The minimum Gasteiger partial charge on any atom is -0.480 e. The molecule has 0 spiro atoms. The van der Waals surface area contributed by atoms with E-state index in [9.17, 15) is 14.7 Å². The lowest BCUT2D eigenvalue weighted by Crippen LogP contribution is -2.42. The van der Waals surface area contributed by atoms with Crippen LogP contribution in [-0.2, 0) is 4.79 Å². The Labute approximate surface area is 124 Å². The molecular formula is C13H13BrClNO3. The summed E-state index contributed by atoms with van der Waals surface area (Å²) in [7, 11) is 0. The van der Waals surface area contributed by atoms with E-state index in [2.05, 4.69) is 15.9 Å². The van der Waals surface area contributed by atoms with Gasteiger partial charge in [-0.05, 0) is 30.5 Å². The Kier molecular flexibility index (Phi) is 4.16. The van der Waals surface area contributed by atoms with Crippen LogP contribution in [0.4, 0.5) is 0 Å². The van der Waals surface area contributed by atoms with Gasteiger partial charge in [-0.25, -0.2) is 4.79 Å². The normalized spacial score (nSPS) is 22.6. The maximum absolute atomic E-state index is 12.4. The van der Waals surface area contributed by atoms with Crippen molar-refractivity contribution in [2.45, 2.75) is 19.4 Å². The highest BCUT2D eigenvalue weighted by Crippen LogP contribution is 2.29. The van der Waals surface area contributed by atoms with Crippen LogP contribution in [0.2, 0.25) is 5.02 Å². The molecule has 4 nitrogen and oxygen atoms in total. The van der Waals surface area contributed by atoms with Gasteiger partial charge in [0.15, 0.2) is 0 Å². The molecular weight excluding hydrogens is 334 g/mol. The van der Waals surface area contributed by atoms with Gasteiger partial charge in [-0.2, -0.15) is 0 Å². The van der Waals surface area contributed by atoms with Crippen molar-refractivity contribution in [1.29, 1.82) is 0 Å². The molecule has 0 saturated carbocycles. The first kappa shape index (κ1) is 14.3. The molecule has 102 valence electrons. The van der Waals surface area contributed by atoms with E-state index in [4.69, 9.17) is 11.6 Å². The summed E-state index contributed by atoms with van der Waals surface area (Å²) >= 11 is 9.31. The average molecular weight is 347 g/mol. The molecule has 1 saturated heterocycles. The highest BCUT2D eigenvalue weighted by molar-refractivity contribution is 9.10. The molecule has 2 atom stereocenters. The molecule has 0 radical (unpaired) electrons. The predicted molar refractivity (Wildman–Crippen MR) is 75.4 cm³/mol. The lowest BCUT2D eigenvalue weighted by atomic mass is 10.0. The first-order valence-electron chi connectivity index (χ1n) is 5.90. The summed E-state index contributed by atoms with van der Waals surface area (Å²) < 4.78 is 0.777. The standard InChI is InChI=1S/C13H13BrClNO3/c1-7-4-5-16(11(7)13(18)19)12(17)9-3-2-8(14)6-10(9)15/h2-3,6-7,11H,4-5H2,1H3,(H,18,19). The van der Waals surface area contributed by atoms with E-state index in [-0.39, 0.29) is 11.8 Å². The van der Waals surface area contributed by atoms with Crippen LogP contribution in [0.15, 0.2) is 22.7 Å². The Morgan fingerprint density at radius 1 is 1.47 bits per heavy atom. The zero-order chi connectivity index (χ0) is 14.2. The van der Waals surface area contributed by atoms with Gasteiger partial charge in [0.2, 0.25) is 0 Å². The summed E-state index contributed by atoms with van der Waals surface area (Å²) in [6, 6.07) is 4.18. The van der Waals surface area contributed by atoms with Crippen LogP contribution >= 0.6 is 27.5 Å². The molecule has 1 heterocycles. The van der Waals surface area contributed by atoms with Gasteiger partial charge >= 0.3 is 5.97 Å². The van der Waals surface area contributed by atoms with Crippen molar-refractivity contribution in [1.82, 2.24) is 4.90 Å². The highest BCUT2D eigenvalue weighted by Gasteiger charge is 2.40. The molecule has 2 unspecified atom stereocenters. The van der Waals surface area contributed by atoms with Crippen molar-refractivity contribution in [3.63, 3.8) is 0 Å². The number of benzene rings is 1. The molecule has 6 heteroatoms. The number of hydrogen-bond acceptors (Lipinski definition) is 2. The Bertz CT molecular complexity index is 535. The zero-order valence-electron chi connectivity index (χ0n) is 10.3. The Hall–Kier alpha value is -1.07. The summed E-state index contributed by atoms with van der Waals surface area (Å²) in [5, 5.41) is 9.55. The summed E-state index contributed by atoms with van der Waals surface area (Å²) in [6.45, 7) is 2.29. The van der Waals surface area contributed by atoms with Crippen molar-refractivity contribution in [2.24, 2.45) is 5.92 Å². The summed E-state index contributed by atoms with van der Waals surface area (Å²) in [6.07, 6.45) is 0.691. The second-order valence-electron chi connectivity index (χ2n) is 4.67. The van der Waals surface area contributed by atoms with E-state index >= 15 is 0 Å². The van der Waals surface area contributed by atoms with Crippen molar-refractivity contribution in [2.75, 3.05) is 6.54 Å². The number of carbonyl (C=O) groups excluding carboxylic acids is 1. The van der Waals surface area contributed by atoms with Gasteiger partial charge in [0, 0.05) is 11.0 Å². The van der Waals surface area contributed by atoms with Crippen LogP contribution in [0.1, 0.15) is 23.7 Å². The van der Waals surface area contributed by atoms with Gasteiger partial charge in [0.05, 0.1) is 10.6 Å². The fourth-order valence-electron chi connectivity index (χ4n) is 2.37. The monoisotopic (exact) mass is 345 g/mol. The van der Waals surface area contributed by atoms with E-state index < -0.39 is 12.0 Å². The number of carbonyl (C=O) groups is 2. The van der Waals surface area contributed by atoms with Gasteiger partial charge in [-0.3, -0.25) is 4.79 Å². The van der Waals surface area contributed by atoms with Gasteiger partial charge in [-0.15, -0.1) is 0 Å². The minimum absolute atomic E-state index is 0.0457. The van der Waals surface area contributed by atoms with Crippen LogP contribution in [0.5, 0.6) is 0 Å². The Balaban J connectivity index is 2.31. The third kappa shape index (κ3) is 2.77. The van der Waals surface area contributed by atoms with E-state index in [1.165, 1.54) is 4.90 Å². The molecule has 0 aromatic heterocycles. The molecule has 1 aromatic carbocycles. The molecule has 2 rings (SSSR count). The first-order valence-corrected chi connectivity index (χ1v) is 7.07. The van der Waals surface area contributed by atoms with Crippen LogP contribution in [0.3, 0.4) is 0 Å². The van der Waals surface area contributed by atoms with Crippen LogP contribution in [0.25, 0.3) is 0 Å². The third-order valence-electron chi connectivity index (χ3n) is 3.38. The average Bonchev–Trinajstić information content (AvgIpc) is 2.70. The Morgan fingerprint density at radius 3 is 2.74 bits per heavy atom. The van der Waals surface area contributed by atoms with Crippen molar-refractivity contribution in [3.8, 4) is 0 Å². The molecule has 0 bridgehead atoms. The molecule has 1 aliphatic rings. The van der Waals surface area contributed by atoms with E-state index in [1.54, 1.807) is 18.2 Å². The molecule has 1 aromatic rings. The van der Waals surface area contributed by atoms with Gasteiger partial charge in [0.1, 0.15) is 6.04 Å². The van der Waals surface area contributed by atoms with E-state index in [1.807, 2.05) is 6.92 Å². The molecule has 0 aliphatic carbocycles. The van der Waals surface area contributed by atoms with Crippen LogP contribution in [0, 0.1) is 5.92 Å². The van der Waals surface area contributed by atoms with Crippen molar-refractivity contribution in [3.05, 3.63) is 33.3 Å². The van der Waals surface area contributed by atoms with Gasteiger partial charge in [-0.1, -0.05) is 34.5 Å². The second-order valence-corrected chi connectivity index (χ2v) is 5.99. The summed E-state index contributed by atoms with van der Waals surface area (Å²) in [5.74, 6) is -1.34. The maximum atomic E-state index is 12.4. The molecule has 19 heavy (non-hydrogen) atoms. The second kappa shape index (κ2) is 5.51. The molecule has 1 aliphatic heterocycles. The number of hydrogen-bond donors (Lipinski definition) is 1. The Morgan fingerprint density at radius 2 is 2.16 bits per heavy atom. The molecule has 1 N–H and O–H groups in total. The van der Waals surface area contributed by atoms with Crippen molar-refractivity contribution >= 4 is 39.4 Å². The molecule has 1 fully saturated rings. The summed E-state index contributed by atoms with van der Waals surface area (Å²) in [5.41, 5.74) is 0.338. The minimum atomic E-state index is -0.966. The number of carboxylic acids is 1. The number of halogens is 2. The number of likely N-dealkylation sites (tertiary alicyclic amines) is 1. The number of carboxylic acid groups (broad SMARTS) is 1. The van der Waals surface area contributed by atoms with Gasteiger partial charge in [0.25, 0.3) is 5.91 Å². The number of nitrogens with zero attached hydrogens (tertiary/aromatic N) is 1. The topological polar surface area (TPSA) is 57.6 Å². The lowest BCUT2D eigenvalue weighted by molar-refractivity contribution is -0.142. The van der Waals surface area contributed by atoms with E-state index in [0.717, 1.165) is 4.47 Å². The fourth-order valence-corrected chi connectivity index (χ4v) is 3.12. The van der Waals surface area contributed by atoms with Gasteiger partial charge < -0.3 is 10.0 Å². The van der Waals surface area contributed by atoms with Crippen LogP contribution < -0.4 is 0 Å². The molecule has 1 amide bonds. The maximum Gasteiger partial charge on any atom is 0.326 e. The smallest absolute Gasteiger partial charge is 0.326 e. The fraction of sp³-hybridized carbons (Fsp3) is 0.385. The van der Waals surface area contributed by atoms with E-state index in [0.29, 0.717) is 23.6 Å². The third-order valence-corrected chi connectivity index (χ3v) is 4.18. The number of aliphatic carboxylic acids is 1.